The predicted molar refractivity (Wildman–Crippen MR) is 70.5 cm³/mol. The minimum atomic E-state index is -0.899. The van der Waals surface area contributed by atoms with Crippen LogP contribution in [0.1, 0.15) is 16.8 Å². The standard InChI is InChI=1S/C11H12BrNO2S/c12-9-5-7(11(14)15)1-2-10(9)13-8-3-4-16-6-8/h1-2,5,8,13H,3-4,6H2,(H,14,15). The van der Waals surface area contributed by atoms with E-state index in [-0.39, 0.29) is 0 Å². The number of thioether (sulfide) groups is 1. The quantitative estimate of drug-likeness (QED) is 0.901. The van der Waals surface area contributed by atoms with Crippen molar-refractivity contribution in [3.05, 3.63) is 28.2 Å². The molecule has 1 aromatic rings. The van der Waals surface area contributed by atoms with Crippen molar-refractivity contribution in [1.29, 1.82) is 0 Å². The van der Waals surface area contributed by atoms with Gasteiger partial charge in [-0.25, -0.2) is 4.79 Å². The Morgan fingerprint density at radius 2 is 2.38 bits per heavy atom. The van der Waals surface area contributed by atoms with Gasteiger partial charge in [0.2, 0.25) is 0 Å². The van der Waals surface area contributed by atoms with Crippen LogP contribution in [0.4, 0.5) is 5.69 Å². The summed E-state index contributed by atoms with van der Waals surface area (Å²) < 4.78 is 0.810. The molecule has 1 aromatic carbocycles. The van der Waals surface area contributed by atoms with Gasteiger partial charge in [0.1, 0.15) is 0 Å². The predicted octanol–water partition coefficient (Wildman–Crippen LogP) is 3.06. The molecule has 0 spiro atoms. The summed E-state index contributed by atoms with van der Waals surface area (Å²) >= 11 is 5.33. The van der Waals surface area contributed by atoms with E-state index in [1.165, 1.54) is 5.75 Å². The molecule has 1 saturated heterocycles. The van der Waals surface area contributed by atoms with Gasteiger partial charge in [0.05, 0.1) is 5.56 Å². The fraction of sp³-hybridized carbons (Fsp3) is 0.364. The lowest BCUT2D eigenvalue weighted by Gasteiger charge is -2.14. The lowest BCUT2D eigenvalue weighted by atomic mass is 10.2. The van der Waals surface area contributed by atoms with Gasteiger partial charge in [-0.3, -0.25) is 0 Å². The van der Waals surface area contributed by atoms with Crippen molar-refractivity contribution >= 4 is 39.3 Å². The minimum Gasteiger partial charge on any atom is -0.478 e. The molecule has 1 unspecified atom stereocenters. The van der Waals surface area contributed by atoms with E-state index in [1.54, 1.807) is 12.1 Å². The molecule has 0 aromatic heterocycles. The highest BCUT2D eigenvalue weighted by atomic mass is 79.9. The zero-order chi connectivity index (χ0) is 11.5. The van der Waals surface area contributed by atoms with E-state index in [0.29, 0.717) is 11.6 Å². The summed E-state index contributed by atoms with van der Waals surface area (Å²) in [7, 11) is 0. The number of rotatable bonds is 3. The van der Waals surface area contributed by atoms with Crippen LogP contribution in [0.25, 0.3) is 0 Å². The van der Waals surface area contributed by atoms with E-state index >= 15 is 0 Å². The highest BCUT2D eigenvalue weighted by molar-refractivity contribution is 9.10. The van der Waals surface area contributed by atoms with Gasteiger partial charge in [-0.1, -0.05) is 0 Å². The van der Waals surface area contributed by atoms with Crippen molar-refractivity contribution in [2.45, 2.75) is 12.5 Å². The third kappa shape index (κ3) is 2.71. The van der Waals surface area contributed by atoms with Crippen LogP contribution in [-0.4, -0.2) is 28.6 Å². The van der Waals surface area contributed by atoms with Crippen molar-refractivity contribution in [2.75, 3.05) is 16.8 Å². The zero-order valence-corrected chi connectivity index (χ0v) is 11.0. The molecule has 0 saturated carbocycles. The molecule has 2 rings (SSSR count). The highest BCUT2D eigenvalue weighted by Crippen LogP contribution is 2.27. The molecule has 86 valence electrons. The highest BCUT2D eigenvalue weighted by Gasteiger charge is 2.16. The van der Waals surface area contributed by atoms with Gasteiger partial charge in [0, 0.05) is 22.0 Å². The van der Waals surface area contributed by atoms with Crippen LogP contribution in [0, 0.1) is 0 Å². The van der Waals surface area contributed by atoms with Gasteiger partial charge in [0.15, 0.2) is 0 Å². The van der Waals surface area contributed by atoms with E-state index in [0.717, 1.165) is 22.3 Å². The topological polar surface area (TPSA) is 49.3 Å². The van der Waals surface area contributed by atoms with Gasteiger partial charge >= 0.3 is 5.97 Å². The van der Waals surface area contributed by atoms with Crippen LogP contribution >= 0.6 is 27.7 Å². The van der Waals surface area contributed by atoms with Gasteiger partial charge in [0.25, 0.3) is 0 Å². The molecule has 16 heavy (non-hydrogen) atoms. The Hall–Kier alpha value is -0.680. The lowest BCUT2D eigenvalue weighted by molar-refractivity contribution is 0.0697. The van der Waals surface area contributed by atoms with Crippen LogP contribution in [0.3, 0.4) is 0 Å². The minimum absolute atomic E-state index is 0.304. The average molecular weight is 302 g/mol. The fourth-order valence-electron chi connectivity index (χ4n) is 1.63. The number of halogens is 1. The summed E-state index contributed by atoms with van der Waals surface area (Å²) in [5.41, 5.74) is 1.27. The van der Waals surface area contributed by atoms with E-state index in [4.69, 9.17) is 5.11 Å². The first-order valence-electron chi connectivity index (χ1n) is 5.04. The van der Waals surface area contributed by atoms with E-state index < -0.39 is 5.97 Å². The number of benzene rings is 1. The second kappa shape index (κ2) is 5.10. The van der Waals surface area contributed by atoms with Crippen molar-refractivity contribution in [1.82, 2.24) is 0 Å². The Morgan fingerprint density at radius 3 is 2.94 bits per heavy atom. The smallest absolute Gasteiger partial charge is 0.335 e. The molecule has 0 bridgehead atoms. The van der Waals surface area contributed by atoms with Crippen LogP contribution in [-0.2, 0) is 0 Å². The molecule has 3 nitrogen and oxygen atoms in total. The Bertz CT molecular complexity index is 405. The Labute approximate surface area is 107 Å². The molecule has 0 aliphatic carbocycles. The molecule has 1 atom stereocenters. The van der Waals surface area contributed by atoms with E-state index in [1.807, 2.05) is 17.8 Å². The normalized spacial score (nSPS) is 19.7. The maximum absolute atomic E-state index is 10.8. The third-order valence-corrected chi connectivity index (χ3v) is 4.32. The first-order valence-corrected chi connectivity index (χ1v) is 6.98. The van der Waals surface area contributed by atoms with Crippen molar-refractivity contribution in [2.24, 2.45) is 0 Å². The summed E-state index contributed by atoms with van der Waals surface area (Å²) in [6.45, 7) is 0. The van der Waals surface area contributed by atoms with Crippen molar-refractivity contribution in [3.63, 3.8) is 0 Å². The first-order chi connectivity index (χ1) is 7.66. The second-order valence-corrected chi connectivity index (χ2v) is 5.71. The molecule has 1 aliphatic heterocycles. The van der Waals surface area contributed by atoms with E-state index in [2.05, 4.69) is 21.2 Å². The van der Waals surface area contributed by atoms with Gasteiger partial charge in [-0.05, 0) is 46.3 Å². The third-order valence-electron chi connectivity index (χ3n) is 2.51. The molecule has 0 radical (unpaired) electrons. The number of carbonyl (C=O) groups is 1. The molecular weight excluding hydrogens is 290 g/mol. The summed E-state index contributed by atoms with van der Waals surface area (Å²) in [6, 6.07) is 5.57. The van der Waals surface area contributed by atoms with Gasteiger partial charge < -0.3 is 10.4 Å². The lowest BCUT2D eigenvalue weighted by Crippen LogP contribution is -2.18. The maximum atomic E-state index is 10.8. The number of carboxylic acid groups (broad SMARTS) is 1. The monoisotopic (exact) mass is 301 g/mol. The summed E-state index contributed by atoms with van der Waals surface area (Å²) in [4.78, 5) is 10.8. The van der Waals surface area contributed by atoms with Crippen LogP contribution in [0.2, 0.25) is 0 Å². The van der Waals surface area contributed by atoms with Crippen LogP contribution < -0.4 is 5.32 Å². The van der Waals surface area contributed by atoms with Crippen molar-refractivity contribution in [3.8, 4) is 0 Å². The second-order valence-electron chi connectivity index (χ2n) is 3.70. The fourth-order valence-corrected chi connectivity index (χ4v) is 3.28. The van der Waals surface area contributed by atoms with Gasteiger partial charge in [-0.15, -0.1) is 0 Å². The van der Waals surface area contributed by atoms with Crippen LogP contribution in [0.5, 0.6) is 0 Å². The number of aromatic carboxylic acids is 1. The number of hydrogen-bond acceptors (Lipinski definition) is 3. The molecule has 2 N–H and O–H groups in total. The molecule has 1 aliphatic rings. The first kappa shape index (κ1) is 11.8. The number of anilines is 1. The SMILES string of the molecule is O=C(O)c1ccc(NC2CCSC2)c(Br)c1. The zero-order valence-electron chi connectivity index (χ0n) is 8.57. The number of nitrogens with one attached hydrogen (secondary N) is 1. The molecule has 1 fully saturated rings. The number of carboxylic acids is 1. The Kier molecular flexibility index (Phi) is 3.76. The Balaban J connectivity index is 2.12. The summed E-state index contributed by atoms with van der Waals surface area (Å²) in [5.74, 6) is 1.42. The average Bonchev–Trinajstić information content (AvgIpc) is 2.73. The molecule has 1 heterocycles. The van der Waals surface area contributed by atoms with E-state index in [9.17, 15) is 4.79 Å². The Morgan fingerprint density at radius 1 is 1.56 bits per heavy atom. The maximum Gasteiger partial charge on any atom is 0.335 e. The molecular formula is C11H12BrNO2S. The largest absolute Gasteiger partial charge is 0.478 e. The summed E-state index contributed by atoms with van der Waals surface area (Å²) in [5, 5.41) is 12.3. The van der Waals surface area contributed by atoms with Crippen molar-refractivity contribution < 1.29 is 9.90 Å². The molecule has 0 amide bonds. The van der Waals surface area contributed by atoms with Gasteiger partial charge in [-0.2, -0.15) is 11.8 Å². The van der Waals surface area contributed by atoms with Crippen LogP contribution in [0.15, 0.2) is 22.7 Å². The number of hydrogen-bond donors (Lipinski definition) is 2. The molecule has 5 heteroatoms. The summed E-state index contributed by atoms with van der Waals surface area (Å²) in [6.07, 6.45) is 1.16.